The zero-order valence-electron chi connectivity index (χ0n) is 25.1. The summed E-state index contributed by atoms with van der Waals surface area (Å²) >= 11 is 0. The minimum absolute atomic E-state index is 0. The summed E-state index contributed by atoms with van der Waals surface area (Å²) in [6.45, 7) is 0. The van der Waals surface area contributed by atoms with E-state index >= 15 is 0 Å². The molecule has 0 saturated heterocycles. The summed E-state index contributed by atoms with van der Waals surface area (Å²) in [5.74, 6) is -6.58. The molecule has 50 heavy (non-hydrogen) atoms. The molecule has 0 aliphatic heterocycles. The van der Waals surface area contributed by atoms with E-state index in [1.54, 1.807) is 24.3 Å². The van der Waals surface area contributed by atoms with Gasteiger partial charge < -0.3 is 25.4 Å². The second-order valence-electron chi connectivity index (χ2n) is 10.5. The summed E-state index contributed by atoms with van der Waals surface area (Å²) in [5, 5.41) is 41.5. The molecule has 1 radical (unpaired) electrons. The first-order chi connectivity index (χ1) is 22.9. The zero-order valence-corrected chi connectivity index (χ0v) is 26.7. The Labute approximate surface area is 290 Å². The Morgan fingerprint density at radius 2 is 1.10 bits per heavy atom. The van der Waals surface area contributed by atoms with Crippen molar-refractivity contribution in [2.24, 2.45) is 0 Å². The van der Waals surface area contributed by atoms with Crippen molar-refractivity contribution in [2.45, 2.75) is 10.1 Å². The maximum Gasteiger partial charge on any atom is 0.337 e. The minimum Gasteiger partial charge on any atom is -0.478 e. The number of carbonyl (C=O) groups is 4. The second kappa shape index (κ2) is 12.4. The van der Waals surface area contributed by atoms with Crippen LogP contribution in [0.15, 0.2) is 76.8 Å². The molecule has 7 N–H and O–H groups in total. The number of nitrogens with one attached hydrogen (secondary N) is 1. The third kappa shape index (κ3) is 5.65. The van der Waals surface area contributed by atoms with Crippen LogP contribution in [0.3, 0.4) is 0 Å². The van der Waals surface area contributed by atoms with Crippen molar-refractivity contribution in [1.29, 1.82) is 0 Å². The number of rotatable bonds is 6. The van der Waals surface area contributed by atoms with E-state index in [0.717, 1.165) is 11.5 Å². The predicted octanol–water partition coefficient (Wildman–Crippen LogP) is 4.21. The van der Waals surface area contributed by atoms with Gasteiger partial charge in [0, 0.05) is 35.0 Å². The summed E-state index contributed by atoms with van der Waals surface area (Å²) in [7, 11) is -9.08. The van der Waals surface area contributed by atoms with Crippen LogP contribution in [0.4, 0.5) is 0 Å². The Bertz CT molecular complexity index is 2840. The molecule has 0 saturated carbocycles. The maximum atomic E-state index is 12.3. The van der Waals surface area contributed by atoms with E-state index in [-0.39, 0.29) is 46.1 Å². The number of fused-ring (bicyclic) bond motifs is 3. The molecule has 249 valence electrons. The third-order valence-electron chi connectivity index (χ3n) is 7.77. The fourth-order valence-electron chi connectivity index (χ4n) is 6.03. The molecule has 7 aromatic rings. The van der Waals surface area contributed by atoms with Gasteiger partial charge in [-0.2, -0.15) is 16.8 Å². The first-order valence-electron chi connectivity index (χ1n) is 13.5. The number of benzene rings is 6. The number of aromatic nitrogens is 2. The fraction of sp³-hybridized carbons (Fsp3) is 0. The Morgan fingerprint density at radius 3 is 1.64 bits per heavy atom. The summed E-state index contributed by atoms with van der Waals surface area (Å²) in [4.78, 5) is 53.8. The number of H-pyrrole nitrogens is 1. The molecule has 1 aromatic heterocycles. The SMILES string of the molecule is O=C(O)c1c(C(=O)O)c2c(C(=O)O)ccc3c4cccc5cccc(c(c1C(=O)O)c23)c54.O=S(=O)(O)c1nc2cccc(S(=O)(=O)O)c2[nH]1.[Li]. The molecule has 0 atom stereocenters. The molecule has 0 bridgehead atoms. The zero-order chi connectivity index (χ0) is 35.7. The Kier molecular flexibility index (Phi) is 8.83. The summed E-state index contributed by atoms with van der Waals surface area (Å²) in [6, 6.07) is 16.9. The van der Waals surface area contributed by atoms with Gasteiger partial charge in [0.05, 0.1) is 33.3 Å². The summed E-state index contributed by atoms with van der Waals surface area (Å²) in [5.41, 5.74) is -3.13. The molecule has 6 aromatic carbocycles. The van der Waals surface area contributed by atoms with Gasteiger partial charge in [0.1, 0.15) is 4.90 Å². The van der Waals surface area contributed by atoms with Crippen molar-refractivity contribution >= 4 is 117 Å². The van der Waals surface area contributed by atoms with Crippen LogP contribution in [0.5, 0.6) is 0 Å². The topological polar surface area (TPSA) is 287 Å². The van der Waals surface area contributed by atoms with Crippen molar-refractivity contribution in [1.82, 2.24) is 9.97 Å². The summed E-state index contributed by atoms with van der Waals surface area (Å²) < 4.78 is 61.3. The third-order valence-corrected chi connectivity index (χ3v) is 9.35. The van der Waals surface area contributed by atoms with Crippen molar-refractivity contribution in [3.05, 3.63) is 89.0 Å². The number of carboxylic acid groups (broad SMARTS) is 4. The van der Waals surface area contributed by atoms with Gasteiger partial charge in [-0.25, -0.2) is 24.2 Å². The van der Waals surface area contributed by atoms with Crippen molar-refractivity contribution in [3.63, 3.8) is 0 Å². The normalized spacial score (nSPS) is 11.8. The van der Waals surface area contributed by atoms with Crippen LogP contribution in [-0.2, 0) is 20.2 Å². The molecule has 0 aliphatic carbocycles. The van der Waals surface area contributed by atoms with Crippen LogP contribution in [0.2, 0.25) is 0 Å². The van der Waals surface area contributed by atoms with E-state index in [1.165, 1.54) is 24.3 Å². The van der Waals surface area contributed by atoms with Gasteiger partial charge in [-0.05, 0) is 45.1 Å². The molecule has 0 unspecified atom stereocenters. The number of para-hydroxylation sites is 1. The molecule has 0 amide bonds. The molecular formula is C31H18LiN2O14S2. The van der Waals surface area contributed by atoms with Gasteiger partial charge in [0.15, 0.2) is 0 Å². The number of nitrogens with zero attached hydrogens (tertiary/aromatic N) is 1. The Balaban J connectivity index is 0.000000229. The molecule has 1 heterocycles. The van der Waals surface area contributed by atoms with Crippen molar-refractivity contribution in [3.8, 4) is 0 Å². The maximum absolute atomic E-state index is 12.3. The molecule has 7 rings (SSSR count). The first-order valence-corrected chi connectivity index (χ1v) is 16.4. The van der Waals surface area contributed by atoms with Crippen molar-refractivity contribution in [2.75, 3.05) is 0 Å². The van der Waals surface area contributed by atoms with E-state index in [0.29, 0.717) is 21.5 Å². The molecular weight excluding hydrogens is 695 g/mol. The van der Waals surface area contributed by atoms with Gasteiger partial charge in [0.2, 0.25) is 0 Å². The molecule has 0 spiro atoms. The van der Waals surface area contributed by atoms with Crippen LogP contribution in [-0.4, -0.2) is 99.1 Å². The number of aromatic carboxylic acids is 4. The van der Waals surface area contributed by atoms with E-state index in [4.69, 9.17) is 9.11 Å². The largest absolute Gasteiger partial charge is 0.478 e. The number of imidazole rings is 1. The van der Waals surface area contributed by atoms with Crippen LogP contribution in [0.1, 0.15) is 41.4 Å². The van der Waals surface area contributed by atoms with Crippen LogP contribution < -0.4 is 0 Å². The smallest absolute Gasteiger partial charge is 0.337 e. The molecule has 0 fully saturated rings. The van der Waals surface area contributed by atoms with Gasteiger partial charge in [-0.1, -0.05) is 48.5 Å². The fourth-order valence-corrected chi connectivity index (χ4v) is 7.14. The second-order valence-corrected chi connectivity index (χ2v) is 13.2. The minimum atomic E-state index is -4.57. The van der Waals surface area contributed by atoms with E-state index in [9.17, 15) is 56.4 Å². The number of hydrogen-bond acceptors (Lipinski definition) is 9. The average Bonchev–Trinajstić information content (AvgIpc) is 3.47. The van der Waals surface area contributed by atoms with Gasteiger partial charge in [-0.15, -0.1) is 0 Å². The van der Waals surface area contributed by atoms with Crippen LogP contribution in [0, 0.1) is 0 Å². The quantitative estimate of drug-likeness (QED) is 0.0550. The number of hydrogen-bond donors (Lipinski definition) is 7. The van der Waals surface area contributed by atoms with Gasteiger partial charge in [0.25, 0.3) is 15.3 Å². The molecule has 0 aliphatic rings. The standard InChI is InChI=1S/C24H12O8.C7H6N2O6S2.Li/c25-21(26)13-8-7-11-10-5-1-3-9-4-2-6-12(14(9)10)16-15(11)17(13)19(23(29)30)20(24(31)32)18(16)22(27)28;10-16(11,12)5-3-1-2-4-6(5)9-7(8-4)17(13,14)15;/h1-8H,(H,25,26)(H,27,28)(H,29,30)(H,31,32);1-3H,(H,8,9)(H,10,11,12)(H,13,14,15);. The molecule has 16 nitrogen and oxygen atoms in total. The number of aromatic amines is 1. The molecule has 19 heteroatoms. The first kappa shape index (κ1) is 35.7. The van der Waals surface area contributed by atoms with E-state index in [2.05, 4.69) is 9.97 Å². The van der Waals surface area contributed by atoms with Gasteiger partial charge >= 0.3 is 34.0 Å². The van der Waals surface area contributed by atoms with Crippen molar-refractivity contribution < 1.29 is 65.5 Å². The van der Waals surface area contributed by atoms with Gasteiger partial charge in [-0.3, -0.25) is 9.11 Å². The summed E-state index contributed by atoms with van der Waals surface area (Å²) in [6.07, 6.45) is 0. The Hall–Kier alpha value is -5.61. The average molecular weight is 714 g/mol. The number of carboxylic acids is 4. The predicted molar refractivity (Wildman–Crippen MR) is 177 cm³/mol. The van der Waals surface area contributed by atoms with Crippen LogP contribution in [0.25, 0.3) is 54.1 Å². The monoisotopic (exact) mass is 713 g/mol. The van der Waals surface area contributed by atoms with E-state index < -0.39 is 76.4 Å². The van der Waals surface area contributed by atoms with E-state index in [1.807, 2.05) is 12.1 Å². The van der Waals surface area contributed by atoms with Crippen LogP contribution >= 0.6 is 0 Å². The Morgan fingerprint density at radius 1 is 0.560 bits per heavy atom.